The molecule has 0 spiro atoms. The maximum Gasteiger partial charge on any atom is 0.0345 e. The zero-order valence-electron chi connectivity index (χ0n) is 5.93. The van der Waals surface area contributed by atoms with Gasteiger partial charge in [0.1, 0.15) is 0 Å². The fourth-order valence-electron chi connectivity index (χ4n) is 1.30. The molecule has 2 atom stereocenters. The minimum absolute atomic E-state index is 0.478. The predicted molar refractivity (Wildman–Crippen MR) is 40.9 cm³/mol. The number of hydrogen-bond acceptors (Lipinski definition) is 1. The fraction of sp³-hybridized carbons (Fsp3) is 1.00. The minimum Gasteiger partial charge on any atom is -0.259 e. The zero-order valence-corrected chi connectivity index (χ0v) is 6.75. The van der Waals surface area contributed by atoms with E-state index in [0.717, 1.165) is 12.2 Å². The van der Waals surface area contributed by atoms with E-state index in [1.54, 1.807) is 0 Å². The van der Waals surface area contributed by atoms with Crippen LogP contribution in [0.2, 0.25) is 0 Å². The highest BCUT2D eigenvalue weighted by Crippen LogP contribution is 2.17. The monoisotopic (exact) mass is 146 g/mol. The van der Waals surface area contributed by atoms with Gasteiger partial charge in [0.25, 0.3) is 0 Å². The van der Waals surface area contributed by atoms with Crippen molar-refractivity contribution in [3.05, 3.63) is 0 Å². The van der Waals surface area contributed by atoms with Crippen molar-refractivity contribution in [2.45, 2.75) is 37.9 Å². The quantitative estimate of drug-likeness (QED) is 0.550. The summed E-state index contributed by atoms with van der Waals surface area (Å²) in [5.41, 5.74) is 0. The predicted octanol–water partition coefficient (Wildman–Crippen LogP) is 1.70. The first-order valence-electron chi connectivity index (χ1n) is 3.71. The average molecular weight is 146 g/mol. The summed E-state index contributed by atoms with van der Waals surface area (Å²) in [6, 6.07) is 0. The lowest BCUT2D eigenvalue weighted by Gasteiger charge is -2.18. The summed E-state index contributed by atoms with van der Waals surface area (Å²) in [5, 5.41) is 0.527. The van der Waals surface area contributed by atoms with E-state index in [9.17, 15) is 4.21 Å². The Morgan fingerprint density at radius 2 is 2.33 bits per heavy atom. The molecule has 1 unspecified atom stereocenters. The molecule has 0 aromatic rings. The molecule has 9 heavy (non-hydrogen) atoms. The largest absolute Gasteiger partial charge is 0.259 e. The second-order valence-corrected chi connectivity index (χ2v) is 4.45. The molecule has 0 N–H and O–H groups in total. The van der Waals surface area contributed by atoms with Crippen LogP contribution in [0.3, 0.4) is 0 Å². The third-order valence-corrected chi connectivity index (χ3v) is 3.95. The van der Waals surface area contributed by atoms with Crippen LogP contribution < -0.4 is 0 Å². The van der Waals surface area contributed by atoms with Crippen LogP contribution in [0.4, 0.5) is 0 Å². The summed E-state index contributed by atoms with van der Waals surface area (Å²) in [5.74, 6) is 0.957. The molecular weight excluding hydrogens is 132 g/mol. The summed E-state index contributed by atoms with van der Waals surface area (Å²) in [4.78, 5) is 0. The molecule has 0 saturated carbocycles. The van der Waals surface area contributed by atoms with E-state index in [1.165, 1.54) is 19.3 Å². The SMILES string of the molecule is CC[C@H]1CCCCS1=O. The Labute approximate surface area is 59.3 Å². The van der Waals surface area contributed by atoms with Crippen molar-refractivity contribution in [2.24, 2.45) is 0 Å². The number of hydrogen-bond donors (Lipinski definition) is 0. The lowest BCUT2D eigenvalue weighted by Crippen LogP contribution is -2.21. The van der Waals surface area contributed by atoms with Gasteiger partial charge in [-0.15, -0.1) is 0 Å². The summed E-state index contributed by atoms with van der Waals surface area (Å²) in [6.07, 6.45) is 4.78. The smallest absolute Gasteiger partial charge is 0.0345 e. The van der Waals surface area contributed by atoms with Gasteiger partial charge in [-0.3, -0.25) is 4.21 Å². The Morgan fingerprint density at radius 3 is 2.78 bits per heavy atom. The van der Waals surface area contributed by atoms with Crippen LogP contribution in [0.5, 0.6) is 0 Å². The molecule has 1 fully saturated rings. The van der Waals surface area contributed by atoms with E-state index in [2.05, 4.69) is 6.92 Å². The maximum atomic E-state index is 11.1. The molecule has 1 nitrogen and oxygen atoms in total. The van der Waals surface area contributed by atoms with Crippen molar-refractivity contribution in [3.63, 3.8) is 0 Å². The van der Waals surface area contributed by atoms with E-state index in [1.807, 2.05) is 0 Å². The van der Waals surface area contributed by atoms with Crippen LogP contribution in [0.1, 0.15) is 32.6 Å². The van der Waals surface area contributed by atoms with Crippen molar-refractivity contribution in [1.82, 2.24) is 0 Å². The fourth-order valence-corrected chi connectivity index (χ4v) is 2.93. The first-order valence-corrected chi connectivity index (χ1v) is 5.10. The first-order chi connectivity index (χ1) is 4.34. The van der Waals surface area contributed by atoms with E-state index in [0.29, 0.717) is 5.25 Å². The standard InChI is InChI=1S/C7H14OS/c1-2-7-5-3-4-6-9(7)8/h7H,2-6H2,1H3/t7-,9?/m0/s1. The molecule has 0 bridgehead atoms. The molecule has 0 aromatic heterocycles. The molecule has 1 rings (SSSR count). The molecule has 54 valence electrons. The zero-order chi connectivity index (χ0) is 6.69. The first kappa shape index (κ1) is 7.26. The van der Waals surface area contributed by atoms with Gasteiger partial charge in [-0.1, -0.05) is 13.3 Å². The second kappa shape index (κ2) is 3.35. The summed E-state index contributed by atoms with van der Waals surface area (Å²) >= 11 is 0. The van der Waals surface area contributed by atoms with Crippen LogP contribution in [-0.4, -0.2) is 15.2 Å². The van der Waals surface area contributed by atoms with Gasteiger partial charge < -0.3 is 0 Å². The lowest BCUT2D eigenvalue weighted by atomic mass is 10.1. The highest BCUT2D eigenvalue weighted by Gasteiger charge is 2.17. The number of rotatable bonds is 1. The highest BCUT2D eigenvalue weighted by molar-refractivity contribution is 7.85. The van der Waals surface area contributed by atoms with Gasteiger partial charge in [0, 0.05) is 21.8 Å². The molecular formula is C7H14OS. The maximum absolute atomic E-state index is 11.1. The van der Waals surface area contributed by atoms with Gasteiger partial charge in [-0.05, 0) is 19.3 Å². The van der Waals surface area contributed by atoms with Gasteiger partial charge in [0.15, 0.2) is 0 Å². The van der Waals surface area contributed by atoms with Gasteiger partial charge in [-0.2, -0.15) is 0 Å². The Kier molecular flexibility index (Phi) is 2.70. The normalized spacial score (nSPS) is 36.6. The molecule has 1 aliphatic rings. The van der Waals surface area contributed by atoms with Crippen molar-refractivity contribution in [2.75, 3.05) is 5.75 Å². The summed E-state index contributed by atoms with van der Waals surface area (Å²) < 4.78 is 11.1. The minimum atomic E-state index is -0.478. The summed E-state index contributed by atoms with van der Waals surface area (Å²) in [7, 11) is -0.478. The van der Waals surface area contributed by atoms with Crippen LogP contribution in [0.25, 0.3) is 0 Å². The van der Waals surface area contributed by atoms with Crippen molar-refractivity contribution in [1.29, 1.82) is 0 Å². The molecule has 1 aliphatic heterocycles. The van der Waals surface area contributed by atoms with Crippen LogP contribution >= 0.6 is 0 Å². The third-order valence-electron chi connectivity index (χ3n) is 1.95. The Hall–Kier alpha value is 0.150. The molecule has 1 saturated heterocycles. The topological polar surface area (TPSA) is 17.1 Å². The van der Waals surface area contributed by atoms with Crippen LogP contribution in [-0.2, 0) is 10.8 Å². The Bertz CT molecular complexity index is 111. The van der Waals surface area contributed by atoms with E-state index < -0.39 is 10.8 Å². The molecule has 0 aromatic carbocycles. The van der Waals surface area contributed by atoms with Crippen LogP contribution in [0.15, 0.2) is 0 Å². The average Bonchev–Trinajstić information content (AvgIpc) is 1.89. The lowest BCUT2D eigenvalue weighted by molar-refractivity contribution is 0.599. The second-order valence-electron chi connectivity index (χ2n) is 2.61. The van der Waals surface area contributed by atoms with E-state index in [-0.39, 0.29) is 0 Å². The van der Waals surface area contributed by atoms with Gasteiger partial charge >= 0.3 is 0 Å². The van der Waals surface area contributed by atoms with Gasteiger partial charge in [0.05, 0.1) is 0 Å². The third kappa shape index (κ3) is 1.78. The van der Waals surface area contributed by atoms with E-state index in [4.69, 9.17) is 0 Å². The molecule has 0 aliphatic carbocycles. The van der Waals surface area contributed by atoms with Gasteiger partial charge in [0.2, 0.25) is 0 Å². The van der Waals surface area contributed by atoms with E-state index >= 15 is 0 Å². The Morgan fingerprint density at radius 1 is 1.56 bits per heavy atom. The van der Waals surface area contributed by atoms with Crippen molar-refractivity contribution in [3.8, 4) is 0 Å². The van der Waals surface area contributed by atoms with Crippen LogP contribution in [0, 0.1) is 0 Å². The van der Waals surface area contributed by atoms with Gasteiger partial charge in [-0.25, -0.2) is 0 Å². The molecule has 0 amide bonds. The molecule has 0 radical (unpaired) electrons. The Balaban J connectivity index is 2.39. The van der Waals surface area contributed by atoms with Crippen molar-refractivity contribution >= 4 is 10.8 Å². The summed E-state index contributed by atoms with van der Waals surface area (Å²) in [6.45, 7) is 2.13. The molecule has 2 heteroatoms. The highest BCUT2D eigenvalue weighted by atomic mass is 32.2. The molecule has 1 heterocycles. The van der Waals surface area contributed by atoms with Crippen molar-refractivity contribution < 1.29 is 4.21 Å².